The number of aliphatic hydroxyl groups is 1. The second kappa shape index (κ2) is 9.65. The minimum Gasteiger partial charge on any atom is -0.507 e. The zero-order valence-electron chi connectivity index (χ0n) is 19.0. The zero-order valence-corrected chi connectivity index (χ0v) is 19.8. The van der Waals surface area contributed by atoms with Gasteiger partial charge < -0.3 is 23.9 Å². The zero-order chi connectivity index (χ0) is 24.4. The van der Waals surface area contributed by atoms with Crippen LogP contribution in [-0.4, -0.2) is 35.4 Å². The van der Waals surface area contributed by atoms with Crippen LogP contribution in [0, 0.1) is 6.92 Å². The van der Waals surface area contributed by atoms with E-state index in [1.165, 1.54) is 18.3 Å². The van der Waals surface area contributed by atoms with Crippen molar-refractivity contribution in [3.05, 3.63) is 87.8 Å². The molecule has 1 atom stereocenters. The molecule has 0 radical (unpaired) electrons. The topological polar surface area (TPSA) is 89.2 Å². The van der Waals surface area contributed by atoms with Gasteiger partial charge in [0, 0.05) is 0 Å². The van der Waals surface area contributed by atoms with E-state index in [2.05, 4.69) is 0 Å². The maximum Gasteiger partial charge on any atom is 0.296 e. The van der Waals surface area contributed by atoms with E-state index in [4.69, 9.17) is 25.5 Å². The molecule has 7 nitrogen and oxygen atoms in total. The molecular formula is C26H24ClNO6. The summed E-state index contributed by atoms with van der Waals surface area (Å²) in [5.41, 5.74) is 1.57. The highest BCUT2D eigenvalue weighted by Gasteiger charge is 2.46. The smallest absolute Gasteiger partial charge is 0.296 e. The van der Waals surface area contributed by atoms with Gasteiger partial charge in [0.15, 0.2) is 0 Å². The molecule has 34 heavy (non-hydrogen) atoms. The summed E-state index contributed by atoms with van der Waals surface area (Å²) in [6, 6.07) is 13.0. The maximum atomic E-state index is 13.2. The van der Waals surface area contributed by atoms with E-state index in [1.54, 1.807) is 48.5 Å². The Kier molecular flexibility index (Phi) is 6.65. The number of aliphatic hydroxyl groups excluding tert-OH is 1. The molecule has 1 aliphatic rings. The van der Waals surface area contributed by atoms with Gasteiger partial charge in [-0.2, -0.15) is 0 Å². The molecule has 1 amide bonds. The van der Waals surface area contributed by atoms with Gasteiger partial charge in [0.05, 0.1) is 48.7 Å². The van der Waals surface area contributed by atoms with Gasteiger partial charge in [-0.05, 0) is 61.4 Å². The second-order valence-electron chi connectivity index (χ2n) is 7.84. The lowest BCUT2D eigenvalue weighted by Crippen LogP contribution is -2.29. The lowest BCUT2D eigenvalue weighted by atomic mass is 9.94. The van der Waals surface area contributed by atoms with Crippen molar-refractivity contribution in [2.45, 2.75) is 26.4 Å². The normalized spacial score (nSPS) is 17.3. The van der Waals surface area contributed by atoms with Gasteiger partial charge >= 0.3 is 0 Å². The quantitative estimate of drug-likeness (QED) is 0.281. The largest absolute Gasteiger partial charge is 0.507 e. The first-order valence-electron chi connectivity index (χ1n) is 10.7. The number of rotatable bonds is 7. The number of halogens is 1. The third kappa shape index (κ3) is 4.26. The van der Waals surface area contributed by atoms with Crippen molar-refractivity contribution in [3.63, 3.8) is 0 Å². The number of furan rings is 1. The Morgan fingerprint density at radius 1 is 1.18 bits per heavy atom. The molecule has 3 aromatic rings. The molecule has 4 rings (SSSR count). The monoisotopic (exact) mass is 481 g/mol. The highest BCUT2D eigenvalue weighted by atomic mass is 35.5. The number of carbonyl (C=O) groups excluding carboxylic acids is 2. The van der Waals surface area contributed by atoms with Crippen molar-refractivity contribution in [1.82, 2.24) is 4.90 Å². The number of carbonyl (C=O) groups is 2. The molecule has 0 saturated carbocycles. The van der Waals surface area contributed by atoms with Gasteiger partial charge in [0.2, 0.25) is 0 Å². The number of amides is 1. The Hall–Kier alpha value is -3.71. The van der Waals surface area contributed by atoms with Gasteiger partial charge in [-0.1, -0.05) is 23.7 Å². The van der Waals surface area contributed by atoms with Crippen molar-refractivity contribution in [3.8, 4) is 11.5 Å². The summed E-state index contributed by atoms with van der Waals surface area (Å²) in [6.07, 6.45) is 1.50. The molecule has 1 aliphatic heterocycles. The van der Waals surface area contributed by atoms with Crippen LogP contribution in [0.25, 0.3) is 5.76 Å². The number of hydrogen-bond acceptors (Lipinski definition) is 6. The Balaban J connectivity index is 1.90. The first-order valence-corrected chi connectivity index (χ1v) is 11.1. The van der Waals surface area contributed by atoms with E-state index in [0.29, 0.717) is 23.7 Å². The third-order valence-corrected chi connectivity index (χ3v) is 5.88. The fourth-order valence-corrected chi connectivity index (χ4v) is 4.48. The fourth-order valence-electron chi connectivity index (χ4n) is 4.13. The van der Waals surface area contributed by atoms with Crippen molar-refractivity contribution >= 4 is 29.1 Å². The number of methoxy groups -OCH3 is 1. The third-order valence-electron chi connectivity index (χ3n) is 5.60. The van der Waals surface area contributed by atoms with Crippen LogP contribution in [0.2, 0.25) is 5.02 Å². The SMILES string of the molecule is CCOc1ccc(C2/C(=C(\O)c3cc(C)cc(Cl)c3OC)C(=O)C(=O)N2Cc2ccco2)cc1. The summed E-state index contributed by atoms with van der Waals surface area (Å²) >= 11 is 6.33. The molecule has 176 valence electrons. The average molecular weight is 482 g/mol. The van der Waals surface area contributed by atoms with Gasteiger partial charge in [-0.25, -0.2) is 0 Å². The summed E-state index contributed by atoms with van der Waals surface area (Å²) in [5, 5.41) is 11.7. The molecular weight excluding hydrogens is 458 g/mol. The lowest BCUT2D eigenvalue weighted by molar-refractivity contribution is -0.140. The minimum absolute atomic E-state index is 0.0535. The van der Waals surface area contributed by atoms with Gasteiger partial charge in [0.1, 0.15) is 23.0 Å². The second-order valence-corrected chi connectivity index (χ2v) is 8.24. The molecule has 0 spiro atoms. The summed E-state index contributed by atoms with van der Waals surface area (Å²) in [6.45, 7) is 4.25. The first kappa shape index (κ1) is 23.4. The van der Waals surface area contributed by atoms with Crippen LogP contribution in [-0.2, 0) is 16.1 Å². The summed E-state index contributed by atoms with van der Waals surface area (Å²) in [5.74, 6) is -0.526. The Bertz CT molecular complexity index is 1250. The standard InChI is InChI=1S/C26H24ClNO6/c1-4-33-17-9-7-16(8-10-17)22-21(23(29)19-12-15(2)13-20(27)25(19)32-3)24(30)26(31)28(22)14-18-6-5-11-34-18/h5-13,22,29H,4,14H2,1-3H3/b23-21+. The molecule has 1 unspecified atom stereocenters. The molecule has 2 aromatic carbocycles. The van der Waals surface area contributed by atoms with Crippen molar-refractivity contribution in [2.24, 2.45) is 0 Å². The number of hydrogen-bond donors (Lipinski definition) is 1. The molecule has 0 bridgehead atoms. The summed E-state index contributed by atoms with van der Waals surface area (Å²) in [7, 11) is 1.42. The van der Waals surface area contributed by atoms with Gasteiger partial charge in [-0.15, -0.1) is 0 Å². The van der Waals surface area contributed by atoms with Crippen LogP contribution >= 0.6 is 11.6 Å². The van der Waals surface area contributed by atoms with Crippen LogP contribution in [0.4, 0.5) is 0 Å². The van der Waals surface area contributed by atoms with E-state index in [-0.39, 0.29) is 34.2 Å². The number of aryl methyl sites for hydroxylation is 1. The van der Waals surface area contributed by atoms with Crippen LogP contribution in [0.5, 0.6) is 11.5 Å². The van der Waals surface area contributed by atoms with Crippen molar-refractivity contribution < 1.29 is 28.6 Å². The minimum atomic E-state index is -0.857. The van der Waals surface area contributed by atoms with Crippen LogP contribution in [0.1, 0.15) is 35.4 Å². The van der Waals surface area contributed by atoms with Crippen LogP contribution in [0.15, 0.2) is 64.8 Å². The number of ketones is 1. The molecule has 1 N–H and O–H groups in total. The van der Waals surface area contributed by atoms with Gasteiger partial charge in [0.25, 0.3) is 11.7 Å². The number of nitrogens with zero attached hydrogens (tertiary/aromatic N) is 1. The highest BCUT2D eigenvalue weighted by Crippen LogP contribution is 2.43. The molecule has 1 fully saturated rings. The fraction of sp³-hybridized carbons (Fsp3) is 0.231. The summed E-state index contributed by atoms with van der Waals surface area (Å²) in [4.78, 5) is 27.8. The first-order chi connectivity index (χ1) is 16.3. The van der Waals surface area contributed by atoms with E-state index in [1.807, 2.05) is 13.8 Å². The Morgan fingerprint density at radius 2 is 1.91 bits per heavy atom. The van der Waals surface area contributed by atoms with E-state index < -0.39 is 17.7 Å². The number of likely N-dealkylation sites (tertiary alicyclic amines) is 1. The van der Waals surface area contributed by atoms with E-state index in [9.17, 15) is 14.7 Å². The predicted octanol–water partition coefficient (Wildman–Crippen LogP) is 5.27. The Labute approximate surface area is 202 Å². The maximum absolute atomic E-state index is 13.2. The van der Waals surface area contributed by atoms with Crippen LogP contribution in [0.3, 0.4) is 0 Å². The van der Waals surface area contributed by atoms with Crippen LogP contribution < -0.4 is 9.47 Å². The lowest BCUT2D eigenvalue weighted by Gasteiger charge is -2.25. The van der Waals surface area contributed by atoms with Gasteiger partial charge in [-0.3, -0.25) is 9.59 Å². The highest BCUT2D eigenvalue weighted by molar-refractivity contribution is 6.46. The Morgan fingerprint density at radius 3 is 2.53 bits per heavy atom. The molecule has 8 heteroatoms. The average Bonchev–Trinajstić information content (AvgIpc) is 3.41. The number of Topliss-reactive ketones (excluding diaryl/α,β-unsaturated/α-hetero) is 1. The van der Waals surface area contributed by atoms with E-state index in [0.717, 1.165) is 5.56 Å². The molecule has 0 aliphatic carbocycles. The van der Waals surface area contributed by atoms with E-state index >= 15 is 0 Å². The molecule has 1 saturated heterocycles. The van der Waals surface area contributed by atoms with Crippen molar-refractivity contribution in [1.29, 1.82) is 0 Å². The predicted molar refractivity (Wildman–Crippen MR) is 127 cm³/mol. The number of benzene rings is 2. The summed E-state index contributed by atoms with van der Waals surface area (Å²) < 4.78 is 16.3. The molecule has 2 heterocycles. The molecule has 1 aromatic heterocycles. The number of ether oxygens (including phenoxy) is 2. The van der Waals surface area contributed by atoms with Crippen molar-refractivity contribution in [2.75, 3.05) is 13.7 Å².